The van der Waals surface area contributed by atoms with E-state index >= 15 is 0 Å². The molecule has 180 valence electrons. The Balaban J connectivity index is 1.53. The van der Waals surface area contributed by atoms with Gasteiger partial charge in [0.2, 0.25) is 0 Å². The molecule has 0 saturated heterocycles. The van der Waals surface area contributed by atoms with Crippen molar-refractivity contribution in [3.8, 4) is 5.69 Å². The van der Waals surface area contributed by atoms with Crippen LogP contribution in [0.4, 0.5) is 26.1 Å². The van der Waals surface area contributed by atoms with Gasteiger partial charge in [-0.1, -0.05) is 26.0 Å². The molecule has 0 spiro atoms. The van der Waals surface area contributed by atoms with Crippen LogP contribution in [0.3, 0.4) is 0 Å². The Bertz CT molecular complexity index is 1430. The topological polar surface area (TPSA) is 71.8 Å². The van der Waals surface area contributed by atoms with Crippen molar-refractivity contribution in [2.75, 3.05) is 23.8 Å². The molecule has 5 rings (SSSR count). The molecule has 0 bridgehead atoms. The predicted octanol–water partition coefficient (Wildman–Crippen LogP) is 5.01. The van der Waals surface area contributed by atoms with Crippen LogP contribution in [0.25, 0.3) is 5.69 Å². The first kappa shape index (κ1) is 22.9. The quantitative estimate of drug-likeness (QED) is 0.437. The highest BCUT2D eigenvalue weighted by Gasteiger charge is 2.40. The van der Waals surface area contributed by atoms with Gasteiger partial charge in [0.1, 0.15) is 29.6 Å². The van der Waals surface area contributed by atoms with E-state index in [1.807, 2.05) is 37.9 Å². The first-order valence-corrected chi connectivity index (χ1v) is 11.5. The van der Waals surface area contributed by atoms with Crippen LogP contribution in [0.15, 0.2) is 42.7 Å². The third-order valence-electron chi connectivity index (χ3n) is 6.35. The van der Waals surface area contributed by atoms with Crippen LogP contribution in [-0.2, 0) is 11.8 Å². The zero-order chi connectivity index (χ0) is 24.9. The van der Waals surface area contributed by atoms with Crippen LogP contribution in [0.2, 0.25) is 0 Å². The Morgan fingerprint density at radius 3 is 2.49 bits per heavy atom. The molecule has 1 aliphatic heterocycles. The molecule has 2 aromatic carbocycles. The number of aryl methyl sites for hydroxylation is 2. The van der Waals surface area contributed by atoms with E-state index in [0.717, 1.165) is 34.3 Å². The number of nitrogens with zero attached hydrogens (tertiary/aromatic N) is 6. The normalized spacial score (nSPS) is 14.3. The van der Waals surface area contributed by atoms with E-state index in [2.05, 4.69) is 35.3 Å². The number of hydrogen-bond acceptors (Lipinski definition) is 6. The third-order valence-corrected chi connectivity index (χ3v) is 6.35. The highest BCUT2D eigenvalue weighted by atomic mass is 19.2. The summed E-state index contributed by atoms with van der Waals surface area (Å²) in [6.45, 7) is 8.67. The molecule has 0 unspecified atom stereocenters. The highest BCUT2D eigenvalue weighted by Crippen LogP contribution is 2.46. The third kappa shape index (κ3) is 4.11. The number of rotatable bonds is 5. The Kier molecular flexibility index (Phi) is 5.50. The van der Waals surface area contributed by atoms with Crippen molar-refractivity contribution in [3.05, 3.63) is 82.7 Å². The molecule has 1 aliphatic rings. The molecule has 2 aromatic heterocycles. The van der Waals surface area contributed by atoms with E-state index < -0.39 is 11.6 Å². The van der Waals surface area contributed by atoms with Crippen molar-refractivity contribution < 1.29 is 8.78 Å². The minimum Gasteiger partial charge on any atom is -0.373 e. The van der Waals surface area contributed by atoms with Gasteiger partial charge < -0.3 is 10.2 Å². The molecular formula is C26H27F2N7. The summed E-state index contributed by atoms with van der Waals surface area (Å²) in [5, 5.41) is 7.61. The minimum atomic E-state index is -0.880. The van der Waals surface area contributed by atoms with Crippen molar-refractivity contribution in [1.82, 2.24) is 24.7 Å². The molecule has 0 saturated carbocycles. The summed E-state index contributed by atoms with van der Waals surface area (Å²) in [6, 6.07) is 10.1. The predicted molar refractivity (Wildman–Crippen MR) is 132 cm³/mol. The van der Waals surface area contributed by atoms with Gasteiger partial charge in [-0.05, 0) is 43.2 Å². The molecule has 35 heavy (non-hydrogen) atoms. The molecule has 0 aliphatic carbocycles. The first-order chi connectivity index (χ1) is 16.7. The van der Waals surface area contributed by atoms with Crippen LogP contribution in [0.5, 0.6) is 0 Å². The number of anilines is 3. The van der Waals surface area contributed by atoms with Gasteiger partial charge in [-0.15, -0.1) is 0 Å². The molecule has 1 N–H and O–H groups in total. The van der Waals surface area contributed by atoms with Crippen molar-refractivity contribution in [2.45, 2.75) is 39.5 Å². The zero-order valence-corrected chi connectivity index (χ0v) is 20.4. The molecule has 0 atom stereocenters. The number of halogens is 2. The Morgan fingerprint density at radius 2 is 1.83 bits per heavy atom. The van der Waals surface area contributed by atoms with E-state index in [0.29, 0.717) is 36.1 Å². The minimum absolute atomic E-state index is 0.286. The maximum atomic E-state index is 14.1. The molecule has 9 heteroatoms. The smallest absolute Gasteiger partial charge is 0.160 e. The van der Waals surface area contributed by atoms with Crippen molar-refractivity contribution in [3.63, 3.8) is 0 Å². The number of fused-ring (bicyclic) bond motifs is 1. The molecule has 0 radical (unpaired) electrons. The zero-order valence-electron chi connectivity index (χ0n) is 20.4. The van der Waals surface area contributed by atoms with Crippen LogP contribution in [0, 0.1) is 25.5 Å². The second-order valence-corrected chi connectivity index (χ2v) is 9.54. The van der Waals surface area contributed by atoms with Gasteiger partial charge in [0.05, 0.1) is 5.69 Å². The van der Waals surface area contributed by atoms with Crippen LogP contribution in [0.1, 0.15) is 42.2 Å². The van der Waals surface area contributed by atoms with E-state index in [9.17, 15) is 8.78 Å². The average Bonchev–Trinajstić information content (AvgIpc) is 3.35. The standard InChI is InChI=1S/C26H27F2N7/c1-15-10-17(6-9-21(15)35-14-30-16(2)33-35)11-22-31-24(29-5)23-25(32-22)34(13-26(23,3)4)18-7-8-19(27)20(28)12-18/h6-10,12,14H,11,13H2,1-5H3,(H,29,31,32). The highest BCUT2D eigenvalue weighted by molar-refractivity contribution is 5.74. The number of hydrogen-bond donors (Lipinski definition) is 1. The Hall–Kier alpha value is -3.88. The van der Waals surface area contributed by atoms with Gasteiger partial charge in [-0.2, -0.15) is 5.10 Å². The maximum absolute atomic E-state index is 14.1. The van der Waals surface area contributed by atoms with Gasteiger partial charge in [0, 0.05) is 42.7 Å². The van der Waals surface area contributed by atoms with E-state index in [1.54, 1.807) is 17.1 Å². The molecule has 0 fully saturated rings. The fourth-order valence-electron chi connectivity index (χ4n) is 4.72. The monoisotopic (exact) mass is 475 g/mol. The SMILES string of the molecule is CNc1nc(Cc2ccc(-n3cnc(C)n3)c(C)c2)nc2c1C(C)(C)CN2c1ccc(F)c(F)c1. The fourth-order valence-corrected chi connectivity index (χ4v) is 4.72. The second kappa shape index (κ2) is 8.41. The van der Waals surface area contributed by atoms with Crippen molar-refractivity contribution >= 4 is 17.3 Å². The lowest BCUT2D eigenvalue weighted by atomic mass is 9.88. The lowest BCUT2D eigenvalue weighted by Crippen LogP contribution is -2.25. The molecule has 3 heterocycles. The van der Waals surface area contributed by atoms with E-state index in [4.69, 9.17) is 9.97 Å². The van der Waals surface area contributed by atoms with Crippen molar-refractivity contribution in [1.29, 1.82) is 0 Å². The van der Waals surface area contributed by atoms with Gasteiger partial charge >= 0.3 is 0 Å². The Morgan fingerprint density at radius 1 is 1.03 bits per heavy atom. The molecular weight excluding hydrogens is 448 g/mol. The molecule has 7 nitrogen and oxygen atoms in total. The summed E-state index contributed by atoms with van der Waals surface area (Å²) in [5.41, 5.74) is 4.32. The van der Waals surface area contributed by atoms with Crippen LogP contribution in [-0.4, -0.2) is 38.3 Å². The number of benzene rings is 2. The lowest BCUT2D eigenvalue weighted by molar-refractivity contribution is 0.508. The van der Waals surface area contributed by atoms with Crippen LogP contribution < -0.4 is 10.2 Å². The summed E-state index contributed by atoms with van der Waals surface area (Å²) in [7, 11) is 1.84. The second-order valence-electron chi connectivity index (χ2n) is 9.54. The summed E-state index contributed by atoms with van der Waals surface area (Å²) in [5.74, 6) is 1.06. The molecule has 4 aromatic rings. The van der Waals surface area contributed by atoms with Crippen molar-refractivity contribution in [2.24, 2.45) is 0 Å². The van der Waals surface area contributed by atoms with Gasteiger partial charge in [0.25, 0.3) is 0 Å². The number of nitrogens with one attached hydrogen (secondary N) is 1. The van der Waals surface area contributed by atoms with Gasteiger partial charge in [0.15, 0.2) is 11.6 Å². The van der Waals surface area contributed by atoms with E-state index in [1.165, 1.54) is 6.07 Å². The first-order valence-electron chi connectivity index (χ1n) is 11.5. The molecule has 0 amide bonds. The summed E-state index contributed by atoms with van der Waals surface area (Å²) in [6.07, 6.45) is 2.22. The summed E-state index contributed by atoms with van der Waals surface area (Å²) < 4.78 is 29.4. The maximum Gasteiger partial charge on any atom is 0.160 e. The fraction of sp³-hybridized carbons (Fsp3) is 0.308. The average molecular weight is 476 g/mol. The largest absolute Gasteiger partial charge is 0.373 e. The van der Waals surface area contributed by atoms with E-state index in [-0.39, 0.29) is 5.41 Å². The summed E-state index contributed by atoms with van der Waals surface area (Å²) in [4.78, 5) is 15.9. The lowest BCUT2D eigenvalue weighted by Gasteiger charge is -2.22. The van der Waals surface area contributed by atoms with Gasteiger partial charge in [-0.3, -0.25) is 0 Å². The summed E-state index contributed by atoms with van der Waals surface area (Å²) >= 11 is 0. The van der Waals surface area contributed by atoms with Gasteiger partial charge in [-0.25, -0.2) is 28.4 Å². The number of aromatic nitrogens is 5. The Labute approximate surface area is 202 Å². The van der Waals surface area contributed by atoms with Crippen LogP contribution >= 0.6 is 0 Å².